The molecule has 0 N–H and O–H groups in total. The van der Waals surface area contributed by atoms with Crippen LogP contribution in [-0.2, 0) is 22.6 Å². The van der Waals surface area contributed by atoms with E-state index in [1.807, 2.05) is 11.0 Å². The van der Waals surface area contributed by atoms with Crippen LogP contribution in [0.4, 0.5) is 11.4 Å². The molecule has 6 rings (SSSR count). The minimum Gasteiger partial charge on any atom is -0.312 e. The van der Waals surface area contributed by atoms with Crippen LogP contribution in [0.3, 0.4) is 0 Å². The summed E-state index contributed by atoms with van der Waals surface area (Å²) in [6.45, 7) is 5.24. The normalized spacial score (nSPS) is 21.5. The van der Waals surface area contributed by atoms with Crippen LogP contribution >= 0.6 is 0 Å². The molecule has 2 atom stereocenters. The molecule has 1 saturated carbocycles. The molecule has 0 aromatic heterocycles. The second-order valence-electron chi connectivity index (χ2n) is 10.8. The Morgan fingerprint density at radius 1 is 0.892 bits per heavy atom. The summed E-state index contributed by atoms with van der Waals surface area (Å²) in [6.07, 6.45) is 3.69. The number of carbonyl (C=O) groups excluding carboxylic acids is 2. The first kappa shape index (κ1) is 23.9. The Kier molecular flexibility index (Phi) is 6.56. The summed E-state index contributed by atoms with van der Waals surface area (Å²) in [5.41, 5.74) is 5.70. The molecule has 1 aliphatic carbocycles. The van der Waals surface area contributed by atoms with E-state index in [-0.39, 0.29) is 23.8 Å². The molecule has 37 heavy (non-hydrogen) atoms. The zero-order chi connectivity index (χ0) is 25.4. The minimum atomic E-state index is 0.0295. The van der Waals surface area contributed by atoms with E-state index in [1.165, 1.54) is 16.7 Å². The Balaban J connectivity index is 1.24. The van der Waals surface area contributed by atoms with Gasteiger partial charge in [0.1, 0.15) is 0 Å². The summed E-state index contributed by atoms with van der Waals surface area (Å²) in [4.78, 5) is 32.8. The van der Waals surface area contributed by atoms with Crippen LogP contribution in [-0.4, -0.2) is 42.4 Å². The molecule has 2 amide bonds. The number of nitrogens with zero attached hydrogens (tertiary/aromatic N) is 3. The van der Waals surface area contributed by atoms with E-state index >= 15 is 0 Å². The molecule has 5 nitrogen and oxygen atoms in total. The van der Waals surface area contributed by atoms with Gasteiger partial charge in [-0.05, 0) is 60.4 Å². The smallest absolute Gasteiger partial charge is 0.230 e. The zero-order valence-electron chi connectivity index (χ0n) is 21.6. The van der Waals surface area contributed by atoms with Crippen molar-refractivity contribution in [1.82, 2.24) is 4.90 Å². The van der Waals surface area contributed by atoms with E-state index in [9.17, 15) is 9.59 Å². The molecular formula is C32H35N3O2. The van der Waals surface area contributed by atoms with Crippen molar-refractivity contribution >= 4 is 23.2 Å². The molecule has 0 bridgehead atoms. The lowest BCUT2D eigenvalue weighted by atomic mass is 9.99. The maximum atomic E-state index is 14.1. The second kappa shape index (κ2) is 10.1. The topological polar surface area (TPSA) is 43.9 Å². The average molecular weight is 494 g/mol. The number of hydrogen-bond donors (Lipinski definition) is 0. The van der Waals surface area contributed by atoms with E-state index in [1.54, 1.807) is 6.92 Å². The monoisotopic (exact) mass is 493 g/mol. The number of benzene rings is 3. The Bertz CT molecular complexity index is 1270. The van der Waals surface area contributed by atoms with Crippen LogP contribution in [0.5, 0.6) is 0 Å². The van der Waals surface area contributed by atoms with E-state index in [0.717, 1.165) is 63.2 Å². The highest BCUT2D eigenvalue weighted by Crippen LogP contribution is 2.49. The first-order valence-electron chi connectivity index (χ1n) is 13.6. The maximum absolute atomic E-state index is 14.1. The Hall–Kier alpha value is -3.44. The number of carbonyl (C=O) groups is 2. The van der Waals surface area contributed by atoms with Crippen molar-refractivity contribution in [3.05, 3.63) is 95.6 Å². The van der Waals surface area contributed by atoms with Gasteiger partial charge in [-0.3, -0.25) is 14.5 Å². The molecule has 0 spiro atoms. The van der Waals surface area contributed by atoms with Crippen LogP contribution in [0.15, 0.2) is 78.9 Å². The highest BCUT2D eigenvalue weighted by Gasteiger charge is 2.47. The molecule has 3 aromatic carbocycles. The number of hydrogen-bond acceptors (Lipinski definition) is 3. The van der Waals surface area contributed by atoms with Crippen molar-refractivity contribution in [3.63, 3.8) is 0 Å². The van der Waals surface area contributed by atoms with Crippen molar-refractivity contribution in [2.75, 3.05) is 29.4 Å². The number of likely N-dealkylation sites (tertiary alicyclic amines) is 1. The number of fused-ring (bicyclic) bond motifs is 1. The third kappa shape index (κ3) is 4.93. The van der Waals surface area contributed by atoms with E-state index < -0.39 is 0 Å². The van der Waals surface area contributed by atoms with Gasteiger partial charge in [0.25, 0.3) is 0 Å². The Morgan fingerprint density at radius 3 is 2.30 bits per heavy atom. The molecule has 2 heterocycles. The molecule has 2 aliphatic heterocycles. The van der Waals surface area contributed by atoms with Crippen molar-refractivity contribution < 1.29 is 9.59 Å². The molecule has 5 heteroatoms. The van der Waals surface area contributed by atoms with Crippen molar-refractivity contribution in [2.24, 2.45) is 5.92 Å². The molecule has 190 valence electrons. The van der Waals surface area contributed by atoms with Gasteiger partial charge in [-0.2, -0.15) is 0 Å². The minimum absolute atomic E-state index is 0.0295. The Morgan fingerprint density at radius 2 is 1.59 bits per heavy atom. The molecule has 0 unspecified atom stereocenters. The molecule has 3 aromatic rings. The first-order valence-corrected chi connectivity index (χ1v) is 13.6. The standard InChI is InChI=1S/C32H35N3O2/c1-23(36)34-19-14-26-12-13-28(20-31(26)34)35(32(37)30-21-29(30)25-10-6-3-7-11-25)27-15-17-33(18-16-27)22-24-8-4-2-5-9-24/h2-13,20,27,29-30H,14-19,21-22H2,1H3/t29-,30+/m0/s1. The van der Waals surface area contributed by atoms with Gasteiger partial charge in [-0.1, -0.05) is 66.7 Å². The lowest BCUT2D eigenvalue weighted by Crippen LogP contribution is -2.48. The lowest BCUT2D eigenvalue weighted by Gasteiger charge is -2.39. The molecule has 3 aliphatic rings. The van der Waals surface area contributed by atoms with Gasteiger partial charge in [0.2, 0.25) is 11.8 Å². The molecule has 2 fully saturated rings. The zero-order valence-corrected chi connectivity index (χ0v) is 21.6. The Labute approximate surface area is 219 Å². The van der Waals surface area contributed by atoms with Gasteiger partial charge < -0.3 is 9.80 Å². The summed E-state index contributed by atoms with van der Waals surface area (Å²) >= 11 is 0. The fourth-order valence-electron chi connectivity index (χ4n) is 6.26. The van der Waals surface area contributed by atoms with Crippen LogP contribution in [0.1, 0.15) is 48.8 Å². The van der Waals surface area contributed by atoms with Crippen molar-refractivity contribution in [3.8, 4) is 0 Å². The number of amides is 2. The van der Waals surface area contributed by atoms with Crippen LogP contribution in [0.2, 0.25) is 0 Å². The van der Waals surface area contributed by atoms with Crippen LogP contribution in [0.25, 0.3) is 0 Å². The summed E-state index contributed by atoms with van der Waals surface area (Å²) in [6, 6.07) is 27.6. The number of rotatable bonds is 6. The quantitative estimate of drug-likeness (QED) is 0.462. The van der Waals surface area contributed by atoms with Gasteiger partial charge >= 0.3 is 0 Å². The summed E-state index contributed by atoms with van der Waals surface area (Å²) in [5.74, 6) is 0.636. The summed E-state index contributed by atoms with van der Waals surface area (Å²) in [7, 11) is 0. The molecule has 1 saturated heterocycles. The highest BCUT2D eigenvalue weighted by molar-refractivity contribution is 6.00. The predicted molar refractivity (Wildman–Crippen MR) is 148 cm³/mol. The second-order valence-corrected chi connectivity index (χ2v) is 10.8. The van der Waals surface area contributed by atoms with Gasteiger partial charge in [0.05, 0.1) is 0 Å². The largest absolute Gasteiger partial charge is 0.312 e. The van der Waals surface area contributed by atoms with Crippen molar-refractivity contribution in [1.29, 1.82) is 0 Å². The van der Waals surface area contributed by atoms with Crippen LogP contribution in [0, 0.1) is 5.92 Å². The first-order chi connectivity index (χ1) is 18.1. The van der Waals surface area contributed by atoms with Crippen LogP contribution < -0.4 is 9.80 Å². The lowest BCUT2D eigenvalue weighted by molar-refractivity contribution is -0.120. The van der Waals surface area contributed by atoms with E-state index in [2.05, 4.69) is 82.6 Å². The fourth-order valence-corrected chi connectivity index (χ4v) is 6.26. The van der Waals surface area contributed by atoms with Gasteiger partial charge in [-0.15, -0.1) is 0 Å². The van der Waals surface area contributed by atoms with Gasteiger partial charge in [0.15, 0.2) is 0 Å². The van der Waals surface area contributed by atoms with Gasteiger partial charge in [0, 0.05) is 56.4 Å². The average Bonchev–Trinajstić information content (AvgIpc) is 3.62. The number of anilines is 2. The number of piperidine rings is 1. The summed E-state index contributed by atoms with van der Waals surface area (Å²) in [5, 5.41) is 0. The molecular weight excluding hydrogens is 458 g/mol. The fraction of sp³-hybridized carbons (Fsp3) is 0.375. The summed E-state index contributed by atoms with van der Waals surface area (Å²) < 4.78 is 0. The van der Waals surface area contributed by atoms with E-state index in [0.29, 0.717) is 5.92 Å². The van der Waals surface area contributed by atoms with E-state index in [4.69, 9.17) is 0 Å². The van der Waals surface area contributed by atoms with Crippen molar-refractivity contribution in [2.45, 2.75) is 51.1 Å². The predicted octanol–water partition coefficient (Wildman–Crippen LogP) is 5.40. The third-order valence-corrected chi connectivity index (χ3v) is 8.37. The SMILES string of the molecule is CC(=O)N1CCc2ccc(N(C(=O)[C@@H]3C[C@H]3c3ccccc3)C3CCN(Cc4ccccc4)CC3)cc21. The molecule has 0 radical (unpaired) electrons. The highest BCUT2D eigenvalue weighted by atomic mass is 16.2. The maximum Gasteiger partial charge on any atom is 0.230 e. The third-order valence-electron chi connectivity index (χ3n) is 8.37. The van der Waals surface area contributed by atoms with Gasteiger partial charge in [-0.25, -0.2) is 0 Å².